The van der Waals surface area contributed by atoms with Crippen molar-refractivity contribution >= 4 is 12.2 Å². The van der Waals surface area contributed by atoms with Gasteiger partial charge in [-0.1, -0.05) is 30.3 Å². The van der Waals surface area contributed by atoms with Gasteiger partial charge in [0.1, 0.15) is 29.3 Å². The van der Waals surface area contributed by atoms with Crippen LogP contribution in [0.5, 0.6) is 11.5 Å². The molecule has 2 aliphatic heterocycles. The van der Waals surface area contributed by atoms with Gasteiger partial charge in [-0.05, 0) is 58.4 Å². The van der Waals surface area contributed by atoms with E-state index in [9.17, 15) is 9.59 Å². The summed E-state index contributed by atoms with van der Waals surface area (Å²) in [5.74, 6) is 1.66. The van der Waals surface area contributed by atoms with Gasteiger partial charge in [0.15, 0.2) is 0 Å². The fourth-order valence-corrected chi connectivity index (χ4v) is 4.63. The molecule has 0 radical (unpaired) electrons. The molecule has 8 heteroatoms. The van der Waals surface area contributed by atoms with E-state index in [1.807, 2.05) is 69.3 Å². The van der Waals surface area contributed by atoms with Gasteiger partial charge in [0.25, 0.3) is 0 Å². The number of ether oxygens (including phenoxy) is 4. The van der Waals surface area contributed by atoms with Crippen LogP contribution in [0.15, 0.2) is 48.5 Å². The standard InChI is InChI=1S/C29H38N2O6/c1-28(2,3)37-27(33)31-15-14-30(26(32)35-20-21-9-7-6-8-10-21)19-23(31)13-16-34-24-11-12-25-22(17-24)18-29(4,5)36-25/h6-12,17,23H,13-16,18-20H2,1-5H3/t23-/m1/s1. The molecule has 1 saturated heterocycles. The van der Waals surface area contributed by atoms with Crippen LogP contribution in [0, 0.1) is 0 Å². The van der Waals surface area contributed by atoms with Gasteiger partial charge in [-0.3, -0.25) is 0 Å². The number of carbonyl (C=O) groups is 2. The van der Waals surface area contributed by atoms with E-state index in [1.165, 1.54) is 0 Å². The van der Waals surface area contributed by atoms with Gasteiger partial charge < -0.3 is 28.7 Å². The third-order valence-corrected chi connectivity index (χ3v) is 6.33. The van der Waals surface area contributed by atoms with E-state index in [0.29, 0.717) is 32.7 Å². The van der Waals surface area contributed by atoms with E-state index in [-0.39, 0.29) is 30.4 Å². The molecule has 2 heterocycles. The Labute approximate surface area is 219 Å². The number of hydrogen-bond donors (Lipinski definition) is 0. The summed E-state index contributed by atoms with van der Waals surface area (Å²) in [5.41, 5.74) is 1.24. The number of fused-ring (bicyclic) bond motifs is 1. The van der Waals surface area contributed by atoms with Crippen LogP contribution in [0.2, 0.25) is 0 Å². The minimum atomic E-state index is -0.607. The monoisotopic (exact) mass is 510 g/mol. The highest BCUT2D eigenvalue weighted by Crippen LogP contribution is 2.36. The van der Waals surface area contributed by atoms with Crippen LogP contribution in [0.25, 0.3) is 0 Å². The topological polar surface area (TPSA) is 77.5 Å². The third-order valence-electron chi connectivity index (χ3n) is 6.33. The molecular formula is C29H38N2O6. The SMILES string of the molecule is CC(C)(C)OC(=O)N1CCN(C(=O)OCc2ccccc2)C[C@H]1CCOc1ccc2c(c1)CC(C)(C)O2. The maximum Gasteiger partial charge on any atom is 0.410 e. The molecule has 200 valence electrons. The molecule has 1 atom stereocenters. The highest BCUT2D eigenvalue weighted by Gasteiger charge is 2.35. The van der Waals surface area contributed by atoms with Crippen molar-refractivity contribution in [2.24, 2.45) is 0 Å². The van der Waals surface area contributed by atoms with E-state index >= 15 is 0 Å². The van der Waals surface area contributed by atoms with Crippen LogP contribution in [-0.4, -0.2) is 65.5 Å². The zero-order valence-corrected chi connectivity index (χ0v) is 22.5. The first-order valence-electron chi connectivity index (χ1n) is 12.9. The lowest BCUT2D eigenvalue weighted by atomic mass is 10.0. The van der Waals surface area contributed by atoms with Crippen molar-refractivity contribution in [1.82, 2.24) is 9.80 Å². The average Bonchev–Trinajstić information content (AvgIpc) is 3.15. The smallest absolute Gasteiger partial charge is 0.410 e. The second-order valence-electron chi connectivity index (χ2n) is 11.3. The lowest BCUT2D eigenvalue weighted by Crippen LogP contribution is -2.57. The van der Waals surface area contributed by atoms with Gasteiger partial charge in [0.05, 0.1) is 12.6 Å². The van der Waals surface area contributed by atoms with Crippen LogP contribution in [0.4, 0.5) is 9.59 Å². The third kappa shape index (κ3) is 7.31. The molecule has 0 bridgehead atoms. The van der Waals surface area contributed by atoms with Crippen molar-refractivity contribution in [2.75, 3.05) is 26.2 Å². The predicted octanol–water partition coefficient (Wildman–Crippen LogP) is 5.43. The highest BCUT2D eigenvalue weighted by atomic mass is 16.6. The van der Waals surface area contributed by atoms with Gasteiger partial charge in [0.2, 0.25) is 0 Å². The van der Waals surface area contributed by atoms with Gasteiger partial charge in [-0.25, -0.2) is 9.59 Å². The molecule has 1 fully saturated rings. The number of hydrogen-bond acceptors (Lipinski definition) is 6. The van der Waals surface area contributed by atoms with Crippen LogP contribution < -0.4 is 9.47 Å². The maximum absolute atomic E-state index is 12.9. The molecule has 0 aromatic heterocycles. The summed E-state index contributed by atoms with van der Waals surface area (Å²) in [6.07, 6.45) is 0.599. The Morgan fingerprint density at radius 2 is 1.81 bits per heavy atom. The average molecular weight is 511 g/mol. The fraction of sp³-hybridized carbons (Fsp3) is 0.517. The molecule has 2 aliphatic rings. The summed E-state index contributed by atoms with van der Waals surface area (Å²) in [6.45, 7) is 11.4. The second-order valence-corrected chi connectivity index (χ2v) is 11.3. The largest absolute Gasteiger partial charge is 0.494 e. The minimum Gasteiger partial charge on any atom is -0.494 e. The van der Waals surface area contributed by atoms with Crippen molar-refractivity contribution in [3.05, 3.63) is 59.7 Å². The predicted molar refractivity (Wildman–Crippen MR) is 140 cm³/mol. The van der Waals surface area contributed by atoms with Crippen molar-refractivity contribution in [3.8, 4) is 11.5 Å². The zero-order chi connectivity index (χ0) is 26.6. The molecule has 0 spiro atoms. The van der Waals surface area contributed by atoms with E-state index in [1.54, 1.807) is 9.80 Å². The van der Waals surface area contributed by atoms with E-state index in [2.05, 4.69) is 13.8 Å². The van der Waals surface area contributed by atoms with Crippen LogP contribution in [0.3, 0.4) is 0 Å². The minimum absolute atomic E-state index is 0.207. The van der Waals surface area contributed by atoms with Gasteiger partial charge in [-0.15, -0.1) is 0 Å². The summed E-state index contributed by atoms with van der Waals surface area (Å²) in [5, 5.41) is 0. The second kappa shape index (κ2) is 10.9. The Morgan fingerprint density at radius 3 is 2.54 bits per heavy atom. The number of benzene rings is 2. The van der Waals surface area contributed by atoms with Crippen molar-refractivity contribution in [2.45, 2.75) is 71.3 Å². The Balaban J connectivity index is 1.37. The number of rotatable bonds is 6. The van der Waals surface area contributed by atoms with Crippen LogP contribution >= 0.6 is 0 Å². The first-order valence-corrected chi connectivity index (χ1v) is 12.9. The molecule has 0 unspecified atom stereocenters. The van der Waals surface area contributed by atoms with Crippen LogP contribution in [-0.2, 0) is 22.5 Å². The Morgan fingerprint density at radius 1 is 1.05 bits per heavy atom. The first kappa shape index (κ1) is 26.6. The zero-order valence-electron chi connectivity index (χ0n) is 22.5. The molecule has 37 heavy (non-hydrogen) atoms. The normalized spacial score (nSPS) is 18.6. The molecular weight excluding hydrogens is 472 g/mol. The van der Waals surface area contributed by atoms with Gasteiger partial charge in [0, 0.05) is 38.0 Å². The lowest BCUT2D eigenvalue weighted by Gasteiger charge is -2.41. The number of piperazine rings is 1. The molecule has 2 aromatic rings. The maximum atomic E-state index is 12.9. The highest BCUT2D eigenvalue weighted by molar-refractivity contribution is 5.71. The lowest BCUT2D eigenvalue weighted by molar-refractivity contribution is -0.00614. The summed E-state index contributed by atoms with van der Waals surface area (Å²) >= 11 is 0. The van der Waals surface area contributed by atoms with Gasteiger partial charge in [-0.2, -0.15) is 0 Å². The molecule has 8 nitrogen and oxygen atoms in total. The molecule has 2 aromatic carbocycles. The summed E-state index contributed by atoms with van der Waals surface area (Å²) in [7, 11) is 0. The van der Waals surface area contributed by atoms with Gasteiger partial charge >= 0.3 is 12.2 Å². The molecule has 0 N–H and O–H groups in total. The Hall–Kier alpha value is -3.42. The fourth-order valence-electron chi connectivity index (χ4n) is 4.63. The van der Waals surface area contributed by atoms with Crippen LogP contribution in [0.1, 0.15) is 52.2 Å². The van der Waals surface area contributed by atoms with E-state index < -0.39 is 5.60 Å². The number of amides is 2. The summed E-state index contributed by atoms with van der Waals surface area (Å²) < 4.78 is 23.2. The van der Waals surface area contributed by atoms with Crippen molar-refractivity contribution < 1.29 is 28.5 Å². The van der Waals surface area contributed by atoms with Crippen molar-refractivity contribution in [1.29, 1.82) is 0 Å². The summed E-state index contributed by atoms with van der Waals surface area (Å²) in [6, 6.07) is 15.2. The molecule has 2 amide bonds. The number of carbonyl (C=O) groups excluding carboxylic acids is 2. The Bertz CT molecular complexity index is 1100. The van der Waals surface area contributed by atoms with E-state index in [0.717, 1.165) is 29.0 Å². The molecule has 0 saturated carbocycles. The Kier molecular flexibility index (Phi) is 7.85. The van der Waals surface area contributed by atoms with Crippen molar-refractivity contribution in [3.63, 3.8) is 0 Å². The summed E-state index contributed by atoms with van der Waals surface area (Å²) in [4.78, 5) is 29.1. The first-order chi connectivity index (χ1) is 17.5. The molecule has 0 aliphatic carbocycles. The molecule has 4 rings (SSSR count). The quantitative estimate of drug-likeness (QED) is 0.516. The number of nitrogens with zero attached hydrogens (tertiary/aromatic N) is 2. The van der Waals surface area contributed by atoms with E-state index in [4.69, 9.17) is 18.9 Å².